The number of benzene rings is 2. The number of rotatable bonds is 5. The predicted octanol–water partition coefficient (Wildman–Crippen LogP) is 2.88. The Morgan fingerprint density at radius 3 is 2.16 bits per heavy atom. The molecule has 6 heteroatoms. The summed E-state index contributed by atoms with van der Waals surface area (Å²) in [6.45, 7) is 4.12. The van der Waals surface area contributed by atoms with Gasteiger partial charge < -0.3 is 16.4 Å². The SMILES string of the molecule is CCC(C)c1ccccc1NC(=O)C(=O)Nc1ccc(C(N)=O)cc1. The van der Waals surface area contributed by atoms with Crippen LogP contribution in [0.4, 0.5) is 11.4 Å². The lowest BCUT2D eigenvalue weighted by Gasteiger charge is -2.15. The van der Waals surface area contributed by atoms with Gasteiger partial charge in [0, 0.05) is 16.9 Å². The summed E-state index contributed by atoms with van der Waals surface area (Å²) in [5.74, 6) is -1.83. The van der Waals surface area contributed by atoms with Crippen LogP contribution in [0.15, 0.2) is 48.5 Å². The average Bonchev–Trinajstić information content (AvgIpc) is 2.61. The Morgan fingerprint density at radius 1 is 0.960 bits per heavy atom. The van der Waals surface area contributed by atoms with E-state index in [0.717, 1.165) is 12.0 Å². The van der Waals surface area contributed by atoms with E-state index in [1.54, 1.807) is 6.07 Å². The molecule has 25 heavy (non-hydrogen) atoms. The number of hydrogen-bond acceptors (Lipinski definition) is 3. The molecule has 3 amide bonds. The van der Waals surface area contributed by atoms with Gasteiger partial charge in [0.2, 0.25) is 5.91 Å². The molecule has 0 saturated carbocycles. The van der Waals surface area contributed by atoms with Crippen LogP contribution in [0.5, 0.6) is 0 Å². The van der Waals surface area contributed by atoms with E-state index in [9.17, 15) is 14.4 Å². The molecule has 0 saturated heterocycles. The summed E-state index contributed by atoms with van der Waals surface area (Å²) < 4.78 is 0. The lowest BCUT2D eigenvalue weighted by atomic mass is 9.97. The number of primary amides is 1. The molecular formula is C19H21N3O3. The Bertz CT molecular complexity index is 785. The first-order valence-electron chi connectivity index (χ1n) is 8.03. The summed E-state index contributed by atoms with van der Waals surface area (Å²) >= 11 is 0. The summed E-state index contributed by atoms with van der Waals surface area (Å²) in [5, 5.41) is 5.14. The number of anilines is 2. The number of carbonyl (C=O) groups excluding carboxylic acids is 3. The van der Waals surface area contributed by atoms with Crippen molar-refractivity contribution < 1.29 is 14.4 Å². The second kappa shape index (κ2) is 8.10. The summed E-state index contributed by atoms with van der Waals surface area (Å²) in [6.07, 6.45) is 0.922. The smallest absolute Gasteiger partial charge is 0.314 e. The molecule has 2 aromatic carbocycles. The Kier molecular flexibility index (Phi) is 5.89. The number of amides is 3. The maximum Gasteiger partial charge on any atom is 0.314 e. The van der Waals surface area contributed by atoms with Crippen LogP contribution in [0.2, 0.25) is 0 Å². The van der Waals surface area contributed by atoms with Crippen molar-refractivity contribution in [2.75, 3.05) is 10.6 Å². The summed E-state index contributed by atoms with van der Waals surface area (Å²) in [5.41, 5.74) is 7.50. The van der Waals surface area contributed by atoms with Crippen LogP contribution >= 0.6 is 0 Å². The quantitative estimate of drug-likeness (QED) is 0.730. The molecule has 0 aliphatic carbocycles. The summed E-state index contributed by atoms with van der Waals surface area (Å²) in [7, 11) is 0. The monoisotopic (exact) mass is 339 g/mol. The van der Waals surface area contributed by atoms with Crippen molar-refractivity contribution in [1.29, 1.82) is 0 Å². The molecule has 1 unspecified atom stereocenters. The number of para-hydroxylation sites is 1. The lowest BCUT2D eigenvalue weighted by Crippen LogP contribution is -2.29. The normalized spacial score (nSPS) is 11.4. The molecule has 0 aliphatic rings. The Balaban J connectivity index is 2.06. The zero-order valence-electron chi connectivity index (χ0n) is 14.2. The zero-order valence-corrected chi connectivity index (χ0v) is 14.2. The molecule has 2 aromatic rings. The third-order valence-electron chi connectivity index (χ3n) is 3.99. The molecule has 1 atom stereocenters. The Hall–Kier alpha value is -3.15. The van der Waals surface area contributed by atoms with Gasteiger partial charge in [-0.1, -0.05) is 32.0 Å². The van der Waals surface area contributed by atoms with Crippen LogP contribution in [-0.2, 0) is 9.59 Å². The van der Waals surface area contributed by atoms with E-state index in [0.29, 0.717) is 16.9 Å². The highest BCUT2D eigenvalue weighted by molar-refractivity contribution is 6.43. The van der Waals surface area contributed by atoms with E-state index in [1.807, 2.05) is 18.2 Å². The highest BCUT2D eigenvalue weighted by Crippen LogP contribution is 2.26. The van der Waals surface area contributed by atoms with Gasteiger partial charge in [0.25, 0.3) is 0 Å². The van der Waals surface area contributed by atoms with Gasteiger partial charge in [-0.3, -0.25) is 14.4 Å². The van der Waals surface area contributed by atoms with Gasteiger partial charge in [0.05, 0.1) is 0 Å². The van der Waals surface area contributed by atoms with E-state index in [-0.39, 0.29) is 5.92 Å². The largest absolute Gasteiger partial charge is 0.366 e. The highest BCUT2D eigenvalue weighted by atomic mass is 16.2. The fourth-order valence-corrected chi connectivity index (χ4v) is 2.35. The third kappa shape index (κ3) is 4.67. The van der Waals surface area contributed by atoms with E-state index in [1.165, 1.54) is 24.3 Å². The van der Waals surface area contributed by atoms with Gasteiger partial charge in [-0.2, -0.15) is 0 Å². The molecule has 130 valence electrons. The molecule has 0 aliphatic heterocycles. The number of carbonyl (C=O) groups is 3. The van der Waals surface area contributed by atoms with Gasteiger partial charge in [0.1, 0.15) is 0 Å². The fraction of sp³-hybridized carbons (Fsp3) is 0.211. The van der Waals surface area contributed by atoms with E-state index in [4.69, 9.17) is 5.73 Å². The zero-order chi connectivity index (χ0) is 18.4. The van der Waals surface area contributed by atoms with Gasteiger partial charge in [-0.05, 0) is 48.2 Å². The topological polar surface area (TPSA) is 101 Å². The van der Waals surface area contributed by atoms with Gasteiger partial charge in [-0.25, -0.2) is 0 Å². The van der Waals surface area contributed by atoms with Crippen molar-refractivity contribution in [3.8, 4) is 0 Å². The second-order valence-corrected chi connectivity index (χ2v) is 5.75. The molecule has 6 nitrogen and oxygen atoms in total. The van der Waals surface area contributed by atoms with Crippen molar-refractivity contribution in [1.82, 2.24) is 0 Å². The first kappa shape index (κ1) is 18.2. The van der Waals surface area contributed by atoms with E-state index in [2.05, 4.69) is 24.5 Å². The van der Waals surface area contributed by atoms with E-state index < -0.39 is 17.7 Å². The van der Waals surface area contributed by atoms with Crippen molar-refractivity contribution in [2.45, 2.75) is 26.2 Å². The molecule has 0 bridgehead atoms. The number of nitrogens with one attached hydrogen (secondary N) is 2. The second-order valence-electron chi connectivity index (χ2n) is 5.75. The predicted molar refractivity (Wildman–Crippen MR) is 97.4 cm³/mol. The molecular weight excluding hydrogens is 318 g/mol. The molecule has 0 radical (unpaired) electrons. The number of nitrogens with two attached hydrogens (primary N) is 1. The van der Waals surface area contributed by atoms with Crippen LogP contribution < -0.4 is 16.4 Å². The molecule has 2 rings (SSSR count). The molecule has 0 spiro atoms. The van der Waals surface area contributed by atoms with E-state index >= 15 is 0 Å². The summed E-state index contributed by atoms with van der Waals surface area (Å²) in [4.78, 5) is 35.3. The van der Waals surface area contributed by atoms with Crippen LogP contribution in [0.1, 0.15) is 42.1 Å². The lowest BCUT2D eigenvalue weighted by molar-refractivity contribution is -0.133. The maximum atomic E-state index is 12.2. The molecule has 0 fully saturated rings. The van der Waals surface area contributed by atoms with Crippen molar-refractivity contribution >= 4 is 29.1 Å². The third-order valence-corrected chi connectivity index (χ3v) is 3.99. The fourth-order valence-electron chi connectivity index (χ4n) is 2.35. The Morgan fingerprint density at radius 2 is 1.56 bits per heavy atom. The Labute approximate surface area is 146 Å². The molecule has 0 aromatic heterocycles. The van der Waals surface area contributed by atoms with Crippen LogP contribution in [0.3, 0.4) is 0 Å². The molecule has 0 heterocycles. The maximum absolute atomic E-state index is 12.2. The van der Waals surface area contributed by atoms with Gasteiger partial charge in [-0.15, -0.1) is 0 Å². The van der Waals surface area contributed by atoms with Crippen LogP contribution in [0.25, 0.3) is 0 Å². The molecule has 4 N–H and O–H groups in total. The van der Waals surface area contributed by atoms with Crippen LogP contribution in [0, 0.1) is 0 Å². The van der Waals surface area contributed by atoms with Crippen molar-refractivity contribution in [2.24, 2.45) is 5.73 Å². The van der Waals surface area contributed by atoms with Crippen molar-refractivity contribution in [3.05, 3.63) is 59.7 Å². The van der Waals surface area contributed by atoms with Gasteiger partial charge >= 0.3 is 11.8 Å². The van der Waals surface area contributed by atoms with Crippen molar-refractivity contribution in [3.63, 3.8) is 0 Å². The minimum atomic E-state index is -0.786. The summed E-state index contributed by atoms with van der Waals surface area (Å²) in [6, 6.07) is 13.4. The van der Waals surface area contributed by atoms with Gasteiger partial charge in [0.15, 0.2) is 0 Å². The standard InChI is InChI=1S/C19H21N3O3/c1-3-12(2)15-6-4-5-7-16(15)22-19(25)18(24)21-14-10-8-13(9-11-14)17(20)23/h4-12H,3H2,1-2H3,(H2,20,23)(H,21,24)(H,22,25). The first-order chi connectivity index (χ1) is 11.9. The minimum absolute atomic E-state index is 0.265. The highest BCUT2D eigenvalue weighted by Gasteiger charge is 2.17. The first-order valence-corrected chi connectivity index (χ1v) is 8.03. The average molecular weight is 339 g/mol. The van der Waals surface area contributed by atoms with Crippen LogP contribution in [-0.4, -0.2) is 17.7 Å². The number of hydrogen-bond donors (Lipinski definition) is 3. The minimum Gasteiger partial charge on any atom is -0.366 e.